The number of hydrogen-bond donors (Lipinski definition) is 1. The van der Waals surface area contributed by atoms with E-state index in [1.54, 1.807) is 35.2 Å². The summed E-state index contributed by atoms with van der Waals surface area (Å²) in [6, 6.07) is 9.89. The molecule has 1 N–H and O–H groups in total. The van der Waals surface area contributed by atoms with Crippen LogP contribution in [0.15, 0.2) is 36.4 Å². The predicted molar refractivity (Wildman–Crippen MR) is 100 cm³/mol. The quantitative estimate of drug-likeness (QED) is 0.717. The van der Waals surface area contributed by atoms with Gasteiger partial charge in [0.25, 0.3) is 0 Å². The Morgan fingerprint density at radius 1 is 1.03 bits per heavy atom. The lowest BCUT2D eigenvalue weighted by molar-refractivity contribution is -0.144. The van der Waals surface area contributed by atoms with Crippen LogP contribution in [0.3, 0.4) is 0 Å². The third-order valence-electron chi connectivity index (χ3n) is 4.93. The molecule has 4 rings (SSSR count). The summed E-state index contributed by atoms with van der Waals surface area (Å²) in [6.45, 7) is 0.250. The summed E-state index contributed by atoms with van der Waals surface area (Å²) in [5.41, 5.74) is 1.39. The zero-order valence-electron chi connectivity index (χ0n) is 15.7. The number of aliphatic hydroxyl groups excluding tert-OH is 1. The molecule has 0 bridgehead atoms. The van der Waals surface area contributed by atoms with Gasteiger partial charge in [0, 0.05) is 23.1 Å². The summed E-state index contributed by atoms with van der Waals surface area (Å²) >= 11 is 0. The van der Waals surface area contributed by atoms with Crippen LogP contribution in [0.2, 0.25) is 0 Å². The van der Waals surface area contributed by atoms with Gasteiger partial charge in [0.1, 0.15) is 23.4 Å². The van der Waals surface area contributed by atoms with Crippen LogP contribution in [-0.4, -0.2) is 35.8 Å². The number of hydrogen-bond acceptors (Lipinski definition) is 6. The summed E-state index contributed by atoms with van der Waals surface area (Å²) in [6.07, 6.45) is -5.68. The van der Waals surface area contributed by atoms with Gasteiger partial charge in [0.05, 0.1) is 26.3 Å². The molecule has 1 aliphatic rings. The second-order valence-electron chi connectivity index (χ2n) is 6.64. The van der Waals surface area contributed by atoms with Crippen LogP contribution in [0, 0.1) is 0 Å². The number of para-hydroxylation sites is 1. The number of aromatic nitrogens is 2. The van der Waals surface area contributed by atoms with Gasteiger partial charge >= 0.3 is 6.18 Å². The highest BCUT2D eigenvalue weighted by molar-refractivity contribution is 5.89. The minimum Gasteiger partial charge on any atom is -0.496 e. The number of nitrogens with zero attached hydrogens (tertiary/aromatic N) is 3. The molecular formula is C20H18F3N3O3. The molecule has 0 unspecified atom stereocenters. The molecule has 1 aliphatic heterocycles. The van der Waals surface area contributed by atoms with Crippen LogP contribution in [0.25, 0.3) is 10.9 Å². The molecule has 29 heavy (non-hydrogen) atoms. The zero-order chi connectivity index (χ0) is 20.8. The molecule has 2 aromatic carbocycles. The average Bonchev–Trinajstić information content (AvgIpc) is 2.71. The Kier molecular flexibility index (Phi) is 4.70. The summed E-state index contributed by atoms with van der Waals surface area (Å²) < 4.78 is 50.9. The summed E-state index contributed by atoms with van der Waals surface area (Å²) in [5, 5.41) is 11.3. The number of anilines is 1. The van der Waals surface area contributed by atoms with Gasteiger partial charge < -0.3 is 19.5 Å². The maximum atomic E-state index is 13.4. The van der Waals surface area contributed by atoms with Gasteiger partial charge in [-0.05, 0) is 24.3 Å². The van der Waals surface area contributed by atoms with Crippen LogP contribution in [0.4, 0.5) is 19.0 Å². The highest BCUT2D eigenvalue weighted by atomic mass is 19.4. The Morgan fingerprint density at radius 2 is 1.72 bits per heavy atom. The minimum atomic E-state index is -4.69. The highest BCUT2D eigenvalue weighted by Gasteiger charge is 2.37. The number of benzene rings is 2. The van der Waals surface area contributed by atoms with Gasteiger partial charge in [-0.25, -0.2) is 9.97 Å². The summed E-state index contributed by atoms with van der Waals surface area (Å²) in [5.74, 6) is -0.1000. The van der Waals surface area contributed by atoms with Gasteiger partial charge in [0.2, 0.25) is 5.82 Å². The molecule has 0 saturated heterocycles. The molecule has 0 aliphatic carbocycles. The molecule has 1 aromatic heterocycles. The smallest absolute Gasteiger partial charge is 0.451 e. The van der Waals surface area contributed by atoms with E-state index in [9.17, 15) is 18.3 Å². The van der Waals surface area contributed by atoms with E-state index in [0.29, 0.717) is 28.0 Å². The Labute approximate surface area is 164 Å². The van der Waals surface area contributed by atoms with Crippen molar-refractivity contribution in [3.8, 4) is 11.5 Å². The molecule has 0 spiro atoms. The minimum absolute atomic E-state index is 0.0504. The van der Waals surface area contributed by atoms with E-state index in [1.807, 2.05) is 0 Å². The van der Waals surface area contributed by atoms with Crippen molar-refractivity contribution in [2.75, 3.05) is 25.7 Å². The molecule has 0 fully saturated rings. The van der Waals surface area contributed by atoms with Crippen molar-refractivity contribution in [3.05, 3.63) is 53.3 Å². The van der Waals surface area contributed by atoms with E-state index in [1.165, 1.54) is 20.3 Å². The van der Waals surface area contributed by atoms with Crippen molar-refractivity contribution < 1.29 is 27.8 Å². The molecule has 1 atom stereocenters. The van der Waals surface area contributed by atoms with Crippen molar-refractivity contribution in [2.45, 2.75) is 18.8 Å². The van der Waals surface area contributed by atoms with Crippen molar-refractivity contribution in [1.82, 2.24) is 9.97 Å². The number of fused-ring (bicyclic) bond motifs is 2. The average molecular weight is 405 g/mol. The lowest BCUT2D eigenvalue weighted by Crippen LogP contribution is -2.35. The second-order valence-corrected chi connectivity index (χ2v) is 6.64. The first-order valence-electron chi connectivity index (χ1n) is 8.84. The normalized spacial score (nSPS) is 16.6. The Bertz CT molecular complexity index is 1070. The van der Waals surface area contributed by atoms with Crippen molar-refractivity contribution in [3.63, 3.8) is 0 Å². The van der Waals surface area contributed by atoms with Crippen LogP contribution in [0.1, 0.15) is 23.1 Å². The number of methoxy groups -OCH3 is 2. The van der Waals surface area contributed by atoms with Crippen molar-refractivity contribution in [2.24, 2.45) is 0 Å². The van der Waals surface area contributed by atoms with Crippen LogP contribution >= 0.6 is 0 Å². The summed E-state index contributed by atoms with van der Waals surface area (Å²) in [4.78, 5) is 9.07. The van der Waals surface area contributed by atoms with Crippen LogP contribution in [-0.2, 0) is 12.7 Å². The molecular weight excluding hydrogens is 387 g/mol. The largest absolute Gasteiger partial charge is 0.496 e. The standard InChI is InChI=1S/C20H18F3N3O3/c1-28-15-7-8-16(29-2)17-12(15)9-26(10-14(17)27)18-11-5-3-4-6-13(11)24-19(25-18)20(21,22)23/h3-8,14,27H,9-10H2,1-2H3/t14-/m0/s1. The van der Waals surface area contributed by atoms with Crippen molar-refractivity contribution in [1.29, 1.82) is 0 Å². The Hall–Kier alpha value is -3.07. The fourth-order valence-corrected chi connectivity index (χ4v) is 3.67. The number of ether oxygens (including phenoxy) is 2. The molecule has 0 radical (unpaired) electrons. The Morgan fingerprint density at radius 3 is 2.41 bits per heavy atom. The maximum Gasteiger partial charge on any atom is 0.451 e. The SMILES string of the molecule is COc1ccc(OC)c2c1CN(c1nc(C(F)(F)F)nc3ccccc13)C[C@@H]2O. The first-order valence-corrected chi connectivity index (χ1v) is 8.84. The number of alkyl halides is 3. The molecule has 3 aromatic rings. The van der Waals surface area contributed by atoms with Crippen LogP contribution in [0.5, 0.6) is 11.5 Å². The van der Waals surface area contributed by atoms with Gasteiger partial charge in [-0.1, -0.05) is 12.1 Å². The number of rotatable bonds is 3. The monoisotopic (exact) mass is 405 g/mol. The van der Waals surface area contributed by atoms with Gasteiger partial charge in [-0.15, -0.1) is 0 Å². The van der Waals surface area contributed by atoms with Gasteiger partial charge in [-0.3, -0.25) is 0 Å². The molecule has 0 saturated carbocycles. The van der Waals surface area contributed by atoms with Gasteiger partial charge in [-0.2, -0.15) is 13.2 Å². The fraction of sp³-hybridized carbons (Fsp3) is 0.300. The second kappa shape index (κ2) is 7.07. The Balaban J connectivity index is 1.88. The van der Waals surface area contributed by atoms with E-state index in [4.69, 9.17) is 9.47 Å². The molecule has 6 nitrogen and oxygen atoms in total. The van der Waals surface area contributed by atoms with E-state index in [2.05, 4.69) is 9.97 Å². The summed E-state index contributed by atoms with van der Waals surface area (Å²) in [7, 11) is 2.99. The van der Waals surface area contributed by atoms with E-state index in [0.717, 1.165) is 0 Å². The van der Waals surface area contributed by atoms with E-state index < -0.39 is 18.1 Å². The van der Waals surface area contributed by atoms with E-state index >= 15 is 0 Å². The third kappa shape index (κ3) is 3.31. The fourth-order valence-electron chi connectivity index (χ4n) is 3.67. The molecule has 0 amide bonds. The first-order chi connectivity index (χ1) is 13.8. The maximum absolute atomic E-state index is 13.4. The lowest BCUT2D eigenvalue weighted by atomic mass is 9.95. The number of aliphatic hydroxyl groups is 1. The van der Waals surface area contributed by atoms with E-state index in [-0.39, 0.29) is 24.4 Å². The topological polar surface area (TPSA) is 67.7 Å². The zero-order valence-corrected chi connectivity index (χ0v) is 15.7. The highest BCUT2D eigenvalue weighted by Crippen LogP contribution is 2.42. The molecule has 2 heterocycles. The number of halogens is 3. The van der Waals surface area contributed by atoms with Gasteiger partial charge in [0.15, 0.2) is 0 Å². The third-order valence-corrected chi connectivity index (χ3v) is 4.93. The number of β-amino-alcohol motifs (C(OH)–C–C–N with tert-alkyl or cyclic N) is 1. The van der Waals surface area contributed by atoms with Crippen LogP contribution < -0.4 is 14.4 Å². The molecule has 9 heteroatoms. The predicted octanol–water partition coefficient (Wildman–Crippen LogP) is 3.72. The first kappa shape index (κ1) is 19.3. The lowest BCUT2D eigenvalue weighted by Gasteiger charge is -2.35. The molecule has 152 valence electrons. The van der Waals surface area contributed by atoms with Crippen molar-refractivity contribution >= 4 is 16.7 Å².